The fourth-order valence-corrected chi connectivity index (χ4v) is 18.0. The second-order valence-corrected chi connectivity index (χ2v) is 20.8. The maximum absolute atomic E-state index is 10.4. The van der Waals surface area contributed by atoms with Gasteiger partial charge in [0.25, 0.3) is 0 Å². The van der Waals surface area contributed by atoms with E-state index in [2.05, 4.69) is 37.9 Å². The van der Waals surface area contributed by atoms with E-state index in [-0.39, 0.29) is 6.10 Å². The van der Waals surface area contributed by atoms with Gasteiger partial charge in [-0.05, 0) is 0 Å². The number of unbranched alkanes of at least 4 members (excludes halogenated alkanes) is 7. The third-order valence-corrected chi connectivity index (χ3v) is 19.5. The van der Waals surface area contributed by atoms with Gasteiger partial charge in [0.2, 0.25) is 0 Å². The standard InChI is InChI=1S/C10H19O.3C4H9.Sn/c1-3-5-6-7-8-9-10(11)4-2;3*1-3-4-2;/h2,4,10-11H,3,5-9H2,1H3;3*1,3-4H2,2H3;. The van der Waals surface area contributed by atoms with Crippen molar-refractivity contribution >= 4 is 18.4 Å². The van der Waals surface area contributed by atoms with Gasteiger partial charge in [-0.2, -0.15) is 0 Å². The van der Waals surface area contributed by atoms with Gasteiger partial charge in [0, 0.05) is 0 Å². The first-order chi connectivity index (χ1) is 11.6. The molecule has 0 fully saturated rings. The molecule has 0 spiro atoms. The van der Waals surface area contributed by atoms with Crippen LogP contribution in [0.25, 0.3) is 0 Å². The molecule has 1 unspecified atom stereocenters. The summed E-state index contributed by atoms with van der Waals surface area (Å²) in [5.41, 5.74) is 0. The summed E-state index contributed by atoms with van der Waals surface area (Å²) in [7, 11) is 0. The van der Waals surface area contributed by atoms with Crippen LogP contribution in [-0.2, 0) is 0 Å². The van der Waals surface area contributed by atoms with Gasteiger partial charge in [-0.25, -0.2) is 0 Å². The summed E-state index contributed by atoms with van der Waals surface area (Å²) in [5, 5.41) is 10.4. The summed E-state index contributed by atoms with van der Waals surface area (Å²) >= 11 is -2.17. The monoisotopic (exact) mass is 446 g/mol. The Kier molecular flexibility index (Phi) is 17.3. The molecule has 144 valence electrons. The van der Waals surface area contributed by atoms with E-state index in [9.17, 15) is 5.11 Å². The first kappa shape index (κ1) is 24.5. The molecular weight excluding hydrogens is 399 g/mol. The van der Waals surface area contributed by atoms with Crippen molar-refractivity contribution in [3.05, 3.63) is 10.2 Å². The SMILES string of the molecule is CCCCCCCC(O)/C=[CH]/[Sn]([CH2]CCC)([CH2]CCC)[CH2]CCC. The van der Waals surface area contributed by atoms with E-state index in [0.29, 0.717) is 0 Å². The van der Waals surface area contributed by atoms with Gasteiger partial charge in [-0.3, -0.25) is 0 Å². The number of hydrogen-bond acceptors (Lipinski definition) is 1. The third-order valence-electron chi connectivity index (χ3n) is 5.36. The van der Waals surface area contributed by atoms with E-state index in [1.165, 1.54) is 83.9 Å². The van der Waals surface area contributed by atoms with Gasteiger partial charge >= 0.3 is 158 Å². The summed E-state index contributed by atoms with van der Waals surface area (Å²) in [6.07, 6.45) is 17.6. The van der Waals surface area contributed by atoms with E-state index < -0.39 is 18.4 Å². The summed E-state index contributed by atoms with van der Waals surface area (Å²) in [4.78, 5) is 0. The molecule has 0 radical (unpaired) electrons. The Morgan fingerprint density at radius 1 is 0.667 bits per heavy atom. The van der Waals surface area contributed by atoms with Crippen LogP contribution in [0.4, 0.5) is 0 Å². The second-order valence-electron chi connectivity index (χ2n) is 7.80. The van der Waals surface area contributed by atoms with Crippen molar-refractivity contribution in [1.29, 1.82) is 0 Å². The van der Waals surface area contributed by atoms with E-state index in [4.69, 9.17) is 0 Å². The molecule has 1 nitrogen and oxygen atoms in total. The van der Waals surface area contributed by atoms with Crippen molar-refractivity contribution < 1.29 is 5.11 Å². The predicted molar refractivity (Wildman–Crippen MR) is 113 cm³/mol. The third kappa shape index (κ3) is 12.8. The normalized spacial score (nSPS) is 13.7. The maximum atomic E-state index is 10.4. The van der Waals surface area contributed by atoms with Gasteiger partial charge in [0.15, 0.2) is 0 Å². The van der Waals surface area contributed by atoms with Crippen LogP contribution in [0, 0.1) is 0 Å². The molecule has 0 saturated carbocycles. The fourth-order valence-electron chi connectivity index (χ4n) is 3.58. The molecule has 0 saturated heterocycles. The first-order valence-corrected chi connectivity index (χ1v) is 18.7. The van der Waals surface area contributed by atoms with Gasteiger partial charge < -0.3 is 0 Å². The average molecular weight is 445 g/mol. The molecule has 24 heavy (non-hydrogen) atoms. The van der Waals surface area contributed by atoms with E-state index in [0.717, 1.165) is 6.42 Å². The topological polar surface area (TPSA) is 20.2 Å². The molecule has 0 amide bonds. The number of aliphatic hydroxyl groups excluding tert-OH is 1. The zero-order valence-corrected chi connectivity index (χ0v) is 20.1. The van der Waals surface area contributed by atoms with Crippen LogP contribution in [0.3, 0.4) is 0 Å². The quantitative estimate of drug-likeness (QED) is 0.180. The molecule has 1 atom stereocenters. The molecule has 0 aliphatic rings. The fraction of sp³-hybridized carbons (Fsp3) is 0.909. The Bertz CT molecular complexity index is 266. The van der Waals surface area contributed by atoms with Crippen LogP contribution < -0.4 is 0 Å². The van der Waals surface area contributed by atoms with Crippen LogP contribution in [0.1, 0.15) is 105 Å². The Morgan fingerprint density at radius 3 is 1.58 bits per heavy atom. The minimum absolute atomic E-state index is 0.187. The average Bonchev–Trinajstić information content (AvgIpc) is 2.60. The van der Waals surface area contributed by atoms with Gasteiger partial charge in [0.05, 0.1) is 0 Å². The van der Waals surface area contributed by atoms with Crippen molar-refractivity contribution in [1.82, 2.24) is 0 Å². The number of rotatable bonds is 17. The Morgan fingerprint density at radius 2 is 1.12 bits per heavy atom. The Hall–Kier alpha value is 0.499. The molecule has 1 N–H and O–H groups in total. The molecular formula is C22H46OSn. The second kappa shape index (κ2) is 16.9. The van der Waals surface area contributed by atoms with Gasteiger partial charge in [-0.1, -0.05) is 0 Å². The number of hydrogen-bond donors (Lipinski definition) is 1. The molecule has 0 aliphatic carbocycles. The Labute approximate surface area is 157 Å². The Balaban J connectivity index is 4.60. The van der Waals surface area contributed by atoms with Gasteiger partial charge in [0.1, 0.15) is 0 Å². The van der Waals surface area contributed by atoms with Crippen molar-refractivity contribution in [3.63, 3.8) is 0 Å². The molecule has 0 aliphatic heterocycles. The van der Waals surface area contributed by atoms with Crippen LogP contribution in [-0.4, -0.2) is 29.6 Å². The summed E-state index contributed by atoms with van der Waals surface area (Å²) in [6, 6.07) is 0. The molecule has 0 rings (SSSR count). The molecule has 0 aromatic rings. The predicted octanol–water partition coefficient (Wildman–Crippen LogP) is 7.65. The summed E-state index contributed by atoms with van der Waals surface area (Å²) in [5.74, 6) is 0. The molecule has 0 aromatic carbocycles. The van der Waals surface area contributed by atoms with Crippen LogP contribution in [0.15, 0.2) is 10.2 Å². The van der Waals surface area contributed by atoms with E-state index in [1.54, 1.807) is 0 Å². The number of aliphatic hydroxyl groups is 1. The van der Waals surface area contributed by atoms with Crippen molar-refractivity contribution in [2.24, 2.45) is 0 Å². The van der Waals surface area contributed by atoms with Crippen molar-refractivity contribution in [2.75, 3.05) is 0 Å². The van der Waals surface area contributed by atoms with E-state index in [1.807, 2.05) is 0 Å². The zero-order valence-electron chi connectivity index (χ0n) is 17.3. The first-order valence-electron chi connectivity index (χ1n) is 11.0. The van der Waals surface area contributed by atoms with Crippen LogP contribution in [0.2, 0.25) is 13.3 Å². The molecule has 0 heterocycles. The molecule has 2 heteroatoms. The molecule has 0 aromatic heterocycles. The van der Waals surface area contributed by atoms with Gasteiger partial charge in [-0.15, -0.1) is 0 Å². The summed E-state index contributed by atoms with van der Waals surface area (Å²) in [6.45, 7) is 9.23. The van der Waals surface area contributed by atoms with Crippen molar-refractivity contribution in [2.45, 2.75) is 124 Å². The van der Waals surface area contributed by atoms with Crippen LogP contribution >= 0.6 is 0 Å². The van der Waals surface area contributed by atoms with E-state index >= 15 is 0 Å². The molecule has 0 bridgehead atoms. The zero-order chi connectivity index (χ0) is 18.1. The van der Waals surface area contributed by atoms with Crippen LogP contribution in [0.5, 0.6) is 0 Å². The summed E-state index contributed by atoms with van der Waals surface area (Å²) < 4.78 is 7.15. The minimum atomic E-state index is -2.17. The van der Waals surface area contributed by atoms with Crippen molar-refractivity contribution in [3.8, 4) is 0 Å².